The van der Waals surface area contributed by atoms with Crippen LogP contribution in [0.5, 0.6) is 0 Å². The van der Waals surface area contributed by atoms with E-state index in [2.05, 4.69) is 15.9 Å². The fourth-order valence-corrected chi connectivity index (χ4v) is 7.62. The third-order valence-corrected chi connectivity index (χ3v) is 9.79. The van der Waals surface area contributed by atoms with Gasteiger partial charge >= 0.3 is 30.3 Å². The lowest BCUT2D eigenvalue weighted by Gasteiger charge is -2.32. The van der Waals surface area contributed by atoms with Crippen molar-refractivity contribution in [3.05, 3.63) is 71.4 Å². The maximum absolute atomic E-state index is 14.2. The van der Waals surface area contributed by atoms with Crippen LogP contribution in [0.15, 0.2) is 54.7 Å². The molecule has 15 heteroatoms. The number of aromatic nitrogens is 1. The predicted octanol–water partition coefficient (Wildman–Crippen LogP) is 8.90. The Morgan fingerprint density at radius 2 is 1.42 bits per heavy atom. The summed E-state index contributed by atoms with van der Waals surface area (Å²) in [5.41, 5.74) is -0.823. The third-order valence-electron chi connectivity index (χ3n) is 8.83. The summed E-state index contributed by atoms with van der Waals surface area (Å²) in [5.74, 6) is -2.10. The molecule has 0 N–H and O–H groups in total. The van der Waals surface area contributed by atoms with E-state index in [1.807, 2.05) is 44.2 Å². The van der Waals surface area contributed by atoms with Gasteiger partial charge in [0.2, 0.25) is 5.91 Å². The molecule has 1 saturated heterocycles. The highest BCUT2D eigenvalue weighted by atomic mass is 79.9. The number of fused-ring (bicyclic) bond motifs is 1. The topological polar surface area (TPSA) is 160 Å². The Morgan fingerprint density at radius 1 is 0.860 bits per heavy atom. The average molecular weight is 857 g/mol. The second-order valence-corrected chi connectivity index (χ2v) is 18.2. The van der Waals surface area contributed by atoms with Crippen LogP contribution in [0, 0.1) is 5.92 Å². The minimum atomic E-state index is -1.58. The first kappa shape index (κ1) is 44.8. The second kappa shape index (κ2) is 17.3. The molecule has 1 aliphatic heterocycles. The van der Waals surface area contributed by atoms with Gasteiger partial charge in [0.05, 0.1) is 12.6 Å². The summed E-state index contributed by atoms with van der Waals surface area (Å²) in [7, 11) is 1.13. The van der Waals surface area contributed by atoms with E-state index in [0.717, 1.165) is 17.6 Å². The van der Waals surface area contributed by atoms with Gasteiger partial charge < -0.3 is 23.7 Å². The molecule has 1 aliphatic rings. The van der Waals surface area contributed by atoms with E-state index >= 15 is 0 Å². The quantitative estimate of drug-likeness (QED) is 0.115. The number of cyclic esters (lactones) is 1. The smallest absolute Gasteiger partial charge is 0.420 e. The van der Waals surface area contributed by atoms with Crippen molar-refractivity contribution in [3.63, 3.8) is 0 Å². The summed E-state index contributed by atoms with van der Waals surface area (Å²) >= 11 is 3.64. The van der Waals surface area contributed by atoms with Gasteiger partial charge in [-0.1, -0.05) is 72.2 Å². The van der Waals surface area contributed by atoms with Crippen molar-refractivity contribution >= 4 is 63.1 Å². The SMILES string of the molecule is COC(=O)[C@H](Cc1cn(C(=O)OC(C)(C)C)c2cc([C@@H](C(C)C)[C@@H](Br)C(=O)N3C(=O)OC[C@H]3c3ccccc3)ccc12)N(C(=O)OC(C)(C)C)C(=O)OC(C)(C)C. The molecule has 57 heavy (non-hydrogen) atoms. The monoisotopic (exact) mass is 855 g/mol. The maximum Gasteiger partial charge on any atom is 0.420 e. The van der Waals surface area contributed by atoms with Crippen LogP contribution in [0.4, 0.5) is 19.2 Å². The summed E-state index contributed by atoms with van der Waals surface area (Å²) < 4.78 is 28.6. The van der Waals surface area contributed by atoms with Gasteiger partial charge in [0.1, 0.15) is 40.3 Å². The number of alkyl halides is 1. The summed E-state index contributed by atoms with van der Waals surface area (Å²) in [4.78, 5) is 82.6. The van der Waals surface area contributed by atoms with Gasteiger partial charge in [0, 0.05) is 23.9 Å². The molecule has 4 amide bonds. The van der Waals surface area contributed by atoms with E-state index in [1.54, 1.807) is 80.5 Å². The Kier molecular flexibility index (Phi) is 13.6. The number of hydrogen-bond donors (Lipinski definition) is 0. The van der Waals surface area contributed by atoms with Gasteiger partial charge in [0.25, 0.3) is 0 Å². The van der Waals surface area contributed by atoms with E-state index in [-0.39, 0.29) is 18.9 Å². The number of imide groups is 2. The molecule has 1 fully saturated rings. The number of rotatable bonds is 9. The molecule has 310 valence electrons. The van der Waals surface area contributed by atoms with Crippen molar-refractivity contribution in [1.29, 1.82) is 0 Å². The summed E-state index contributed by atoms with van der Waals surface area (Å²) in [5, 5.41) is 0.485. The van der Waals surface area contributed by atoms with Crippen LogP contribution < -0.4 is 0 Å². The zero-order valence-corrected chi connectivity index (χ0v) is 36.3. The van der Waals surface area contributed by atoms with Gasteiger partial charge in [0.15, 0.2) is 0 Å². The number of hydrogen-bond acceptors (Lipinski definition) is 11. The van der Waals surface area contributed by atoms with Crippen LogP contribution >= 0.6 is 15.9 Å². The Bertz CT molecular complexity index is 1960. The zero-order chi connectivity index (χ0) is 42.8. The van der Waals surface area contributed by atoms with Crippen molar-refractivity contribution in [3.8, 4) is 0 Å². The van der Waals surface area contributed by atoms with Gasteiger partial charge in [-0.25, -0.2) is 28.9 Å². The molecule has 4 rings (SSSR count). The Balaban J connectivity index is 1.85. The molecule has 3 aromatic rings. The second-order valence-electron chi connectivity index (χ2n) is 17.2. The fourth-order valence-electron chi connectivity index (χ4n) is 6.49. The lowest BCUT2D eigenvalue weighted by atomic mass is 9.84. The molecule has 0 unspecified atom stereocenters. The van der Waals surface area contributed by atoms with E-state index in [1.165, 1.54) is 10.8 Å². The van der Waals surface area contributed by atoms with Crippen molar-refractivity contribution in [2.24, 2.45) is 5.92 Å². The number of benzene rings is 2. The molecule has 0 aliphatic carbocycles. The van der Waals surface area contributed by atoms with Crippen LogP contribution in [-0.2, 0) is 39.7 Å². The lowest BCUT2D eigenvalue weighted by molar-refractivity contribution is -0.146. The number of ether oxygens (including phenoxy) is 5. The minimum Gasteiger partial charge on any atom is -0.467 e. The van der Waals surface area contributed by atoms with E-state index in [0.29, 0.717) is 26.9 Å². The molecule has 4 atom stereocenters. The number of nitrogens with zero attached hydrogens (tertiary/aromatic N) is 3. The predicted molar refractivity (Wildman–Crippen MR) is 215 cm³/mol. The van der Waals surface area contributed by atoms with Gasteiger partial charge in [-0.3, -0.25) is 9.36 Å². The van der Waals surface area contributed by atoms with Gasteiger partial charge in [-0.15, -0.1) is 0 Å². The Hall–Kier alpha value is -4.92. The number of amides is 4. The largest absolute Gasteiger partial charge is 0.467 e. The third kappa shape index (κ3) is 10.9. The van der Waals surface area contributed by atoms with Crippen molar-refractivity contribution in [1.82, 2.24) is 14.4 Å². The van der Waals surface area contributed by atoms with Crippen molar-refractivity contribution < 1.29 is 52.5 Å². The summed E-state index contributed by atoms with van der Waals surface area (Å²) in [6.07, 6.45) is -2.57. The highest BCUT2D eigenvalue weighted by Crippen LogP contribution is 2.39. The number of carbonyl (C=O) groups excluding carboxylic acids is 6. The summed E-state index contributed by atoms with van der Waals surface area (Å²) in [6.45, 7) is 18.8. The van der Waals surface area contributed by atoms with Crippen LogP contribution in [0.1, 0.15) is 105 Å². The molecule has 14 nitrogen and oxygen atoms in total. The zero-order valence-electron chi connectivity index (χ0n) is 34.7. The molecule has 0 spiro atoms. The van der Waals surface area contributed by atoms with Crippen LogP contribution in [0.3, 0.4) is 0 Å². The number of halogens is 1. The molecule has 2 aromatic carbocycles. The number of methoxy groups -OCH3 is 1. The van der Waals surface area contributed by atoms with Crippen molar-refractivity contribution in [2.75, 3.05) is 13.7 Å². The molecular weight excluding hydrogens is 802 g/mol. The van der Waals surface area contributed by atoms with E-state index < -0.39 is 75.9 Å². The lowest BCUT2D eigenvalue weighted by Crippen LogP contribution is -2.53. The molecule has 1 aromatic heterocycles. The maximum atomic E-state index is 14.2. The molecule has 0 saturated carbocycles. The molecule has 2 heterocycles. The highest BCUT2D eigenvalue weighted by Gasteiger charge is 2.45. The summed E-state index contributed by atoms with van der Waals surface area (Å²) in [6, 6.07) is 12.2. The fraction of sp³-hybridized carbons (Fsp3) is 0.524. The van der Waals surface area contributed by atoms with Gasteiger partial charge in [-0.2, -0.15) is 4.90 Å². The number of carbonyl (C=O) groups is 6. The van der Waals surface area contributed by atoms with Crippen molar-refractivity contribution in [2.45, 2.75) is 122 Å². The van der Waals surface area contributed by atoms with E-state index in [4.69, 9.17) is 23.7 Å². The molecular formula is C42H54BrN3O11. The molecule has 0 bridgehead atoms. The minimum absolute atomic E-state index is 0.0185. The first-order valence-corrected chi connectivity index (χ1v) is 19.6. The highest BCUT2D eigenvalue weighted by molar-refractivity contribution is 9.10. The first-order chi connectivity index (χ1) is 26.3. The van der Waals surface area contributed by atoms with Crippen LogP contribution in [0.25, 0.3) is 10.9 Å². The van der Waals surface area contributed by atoms with E-state index in [9.17, 15) is 28.8 Å². The first-order valence-electron chi connectivity index (χ1n) is 18.7. The van der Waals surface area contributed by atoms with Crippen LogP contribution in [-0.4, -0.2) is 92.0 Å². The Labute approximate surface area is 342 Å². The van der Waals surface area contributed by atoms with Gasteiger partial charge in [-0.05, 0) is 91.0 Å². The van der Waals surface area contributed by atoms with Crippen LogP contribution in [0.2, 0.25) is 0 Å². The Morgan fingerprint density at radius 3 is 1.93 bits per heavy atom. The molecule has 0 radical (unpaired) electrons. The number of esters is 1. The average Bonchev–Trinajstić information content (AvgIpc) is 3.65. The standard InChI is InChI=1S/C42H54BrN3O11/c1-24(2)32(33(43)34(47)45-31(23-54-37(45)50)25-16-14-13-15-17-25)26-18-19-28-27(22-44(29(28)20-26)36(49)55-40(3,4)5)21-30(35(48)53-12)46(38(51)56-41(6,7)8)39(52)57-42(9,10)11/h13-20,22,24,30-33H,21,23H2,1-12H3/t30-,31-,32+,33+/m0/s1. The normalized spacial score (nSPS) is 16.4.